The Hall–Kier alpha value is -1.42. The van der Waals surface area contributed by atoms with E-state index in [-0.39, 0.29) is 18.4 Å². The molecule has 0 radical (unpaired) electrons. The summed E-state index contributed by atoms with van der Waals surface area (Å²) in [5.74, 6) is 0.406. The summed E-state index contributed by atoms with van der Waals surface area (Å²) < 4.78 is 1.57. The molecule has 0 fully saturated rings. The van der Waals surface area contributed by atoms with Crippen molar-refractivity contribution in [2.45, 2.75) is 6.92 Å². The van der Waals surface area contributed by atoms with Crippen LogP contribution in [0.5, 0.6) is 0 Å². The molecule has 0 spiro atoms. The summed E-state index contributed by atoms with van der Waals surface area (Å²) in [7, 11) is 2.37. The number of carbonyl (C=O) groups is 2. The van der Waals surface area contributed by atoms with E-state index in [0.29, 0.717) is 17.3 Å². The van der Waals surface area contributed by atoms with Gasteiger partial charge >= 0.3 is 0 Å². The summed E-state index contributed by atoms with van der Waals surface area (Å²) in [5, 5.41) is 5.03. The lowest BCUT2D eigenvalue weighted by Gasteiger charge is -2.00. The van der Waals surface area contributed by atoms with Gasteiger partial charge in [-0.05, 0) is 16.3 Å². The van der Waals surface area contributed by atoms with Gasteiger partial charge in [0.2, 0.25) is 5.91 Å². The molecule has 2 N–H and O–H groups in total. The van der Waals surface area contributed by atoms with Crippen LogP contribution in [-0.2, 0) is 4.79 Å². The molecule has 1 aliphatic heterocycles. The molecule has 2 rings (SSSR count). The fourth-order valence-electron chi connectivity index (χ4n) is 1.27. The minimum absolute atomic E-state index is 0.0150. The fraction of sp³-hybridized carbons (Fsp3) is 0.286. The van der Waals surface area contributed by atoms with Crippen molar-refractivity contribution in [3.8, 4) is 0 Å². The summed E-state index contributed by atoms with van der Waals surface area (Å²) in [6, 6.07) is 0. The summed E-state index contributed by atoms with van der Waals surface area (Å²) in [6.07, 6.45) is 0. The Morgan fingerprint density at radius 3 is 2.93 bits per heavy atom. The number of fused-ring (bicyclic) bond motifs is 1. The van der Waals surface area contributed by atoms with Gasteiger partial charge in [-0.2, -0.15) is 0 Å². The average molecular weight is 212 g/mol. The molecule has 6 nitrogen and oxygen atoms in total. The predicted molar refractivity (Wildman–Crippen MR) is 53.0 cm³/mol. The van der Waals surface area contributed by atoms with Gasteiger partial charge in [0.25, 0.3) is 5.91 Å². The van der Waals surface area contributed by atoms with Crippen molar-refractivity contribution >= 4 is 27.0 Å². The summed E-state index contributed by atoms with van der Waals surface area (Å²) in [5.41, 5.74) is 0.360. The molecule has 1 aromatic heterocycles. The van der Waals surface area contributed by atoms with Crippen molar-refractivity contribution in [2.75, 3.05) is 11.9 Å². The predicted octanol–water partition coefficient (Wildman–Crippen LogP) is -0.488. The smallest absolute Gasteiger partial charge is 0.272 e. The van der Waals surface area contributed by atoms with Crippen molar-refractivity contribution in [1.29, 1.82) is 0 Å². The van der Waals surface area contributed by atoms with Crippen molar-refractivity contribution in [1.82, 2.24) is 14.6 Å². The summed E-state index contributed by atoms with van der Waals surface area (Å²) in [6.45, 7) is 1.74. The second-order valence-electron chi connectivity index (χ2n) is 2.96. The Kier molecular flexibility index (Phi) is 2.00. The first-order valence-electron chi connectivity index (χ1n) is 4.02. The number of anilines is 1. The third-order valence-corrected chi connectivity index (χ3v) is 2.60. The van der Waals surface area contributed by atoms with E-state index in [0.717, 1.165) is 0 Å². The van der Waals surface area contributed by atoms with E-state index < -0.39 is 0 Å². The SMILES string of the molecule is Cc1nc2c(n1P)C(=O)NCC(=O)N2. The van der Waals surface area contributed by atoms with E-state index in [1.165, 1.54) is 0 Å². The maximum atomic E-state index is 11.5. The Balaban J connectivity index is 2.57. The molecule has 1 unspecified atom stereocenters. The van der Waals surface area contributed by atoms with Crippen LogP contribution in [0.25, 0.3) is 0 Å². The van der Waals surface area contributed by atoms with Crippen molar-refractivity contribution in [2.24, 2.45) is 0 Å². The van der Waals surface area contributed by atoms with Gasteiger partial charge in [-0.25, -0.2) is 4.98 Å². The lowest BCUT2D eigenvalue weighted by atomic mass is 10.4. The van der Waals surface area contributed by atoms with Gasteiger partial charge < -0.3 is 15.0 Å². The summed E-state index contributed by atoms with van der Waals surface area (Å²) in [4.78, 5) is 26.7. The number of aromatic nitrogens is 2. The highest BCUT2D eigenvalue weighted by Gasteiger charge is 2.24. The normalized spacial score (nSPS) is 15.6. The van der Waals surface area contributed by atoms with E-state index >= 15 is 0 Å². The third kappa shape index (κ3) is 1.28. The van der Waals surface area contributed by atoms with Crippen LogP contribution in [-0.4, -0.2) is 27.7 Å². The fourth-order valence-corrected chi connectivity index (χ4v) is 1.57. The van der Waals surface area contributed by atoms with Gasteiger partial charge in [0.1, 0.15) is 5.82 Å². The standard InChI is InChI=1S/C7H9N4O2P/c1-3-9-6-5(11(3)14)7(13)8-2-4(12)10-6/h2,14H2,1H3,(H,8,13)(H,10,12). The van der Waals surface area contributed by atoms with E-state index in [9.17, 15) is 9.59 Å². The largest absolute Gasteiger partial charge is 0.342 e. The topological polar surface area (TPSA) is 76.0 Å². The lowest BCUT2D eigenvalue weighted by molar-refractivity contribution is -0.115. The lowest BCUT2D eigenvalue weighted by Crippen LogP contribution is -2.29. The number of nitrogens with zero attached hydrogens (tertiary/aromatic N) is 2. The van der Waals surface area contributed by atoms with Gasteiger partial charge in [0.05, 0.1) is 6.54 Å². The number of carbonyl (C=O) groups excluding carboxylic acids is 2. The molecule has 1 aliphatic rings. The Morgan fingerprint density at radius 2 is 2.21 bits per heavy atom. The van der Waals surface area contributed by atoms with E-state index in [4.69, 9.17) is 0 Å². The number of amides is 2. The van der Waals surface area contributed by atoms with Crippen LogP contribution >= 0.6 is 9.39 Å². The maximum absolute atomic E-state index is 11.5. The molecular weight excluding hydrogens is 203 g/mol. The quantitative estimate of drug-likeness (QED) is 0.570. The van der Waals surface area contributed by atoms with Crippen LogP contribution in [0.15, 0.2) is 0 Å². The monoisotopic (exact) mass is 212 g/mol. The van der Waals surface area contributed by atoms with E-state index in [1.807, 2.05) is 0 Å². The minimum Gasteiger partial charge on any atom is -0.342 e. The van der Waals surface area contributed by atoms with Gasteiger partial charge in [-0.15, -0.1) is 0 Å². The maximum Gasteiger partial charge on any atom is 0.272 e. The van der Waals surface area contributed by atoms with E-state index in [1.54, 1.807) is 11.3 Å². The van der Waals surface area contributed by atoms with Crippen molar-refractivity contribution in [3.63, 3.8) is 0 Å². The highest BCUT2D eigenvalue weighted by molar-refractivity contribution is 7.14. The highest BCUT2D eigenvalue weighted by atomic mass is 31.0. The molecule has 0 aromatic carbocycles. The van der Waals surface area contributed by atoms with Gasteiger partial charge in [-0.1, -0.05) is 0 Å². The molecular formula is C7H9N4O2P. The van der Waals surface area contributed by atoms with Crippen LogP contribution in [0.4, 0.5) is 5.82 Å². The second-order valence-corrected chi connectivity index (χ2v) is 3.47. The van der Waals surface area contributed by atoms with Crippen LogP contribution in [0.3, 0.4) is 0 Å². The zero-order chi connectivity index (χ0) is 10.3. The number of rotatable bonds is 0. The van der Waals surface area contributed by atoms with Gasteiger partial charge in [0, 0.05) is 0 Å². The number of aryl methyl sites for hydroxylation is 1. The molecule has 14 heavy (non-hydrogen) atoms. The average Bonchev–Trinajstić information content (AvgIpc) is 2.29. The first-order valence-corrected chi connectivity index (χ1v) is 4.53. The molecule has 0 bridgehead atoms. The minimum atomic E-state index is -0.297. The highest BCUT2D eigenvalue weighted by Crippen LogP contribution is 2.20. The first kappa shape index (κ1) is 9.15. The molecule has 0 saturated carbocycles. The number of nitrogens with one attached hydrogen (secondary N) is 2. The molecule has 0 saturated heterocycles. The van der Waals surface area contributed by atoms with Crippen LogP contribution < -0.4 is 10.6 Å². The molecule has 7 heteroatoms. The van der Waals surface area contributed by atoms with Crippen LogP contribution in [0.2, 0.25) is 0 Å². The molecule has 1 atom stereocenters. The number of hydrogen-bond donors (Lipinski definition) is 2. The zero-order valence-electron chi connectivity index (χ0n) is 7.50. The van der Waals surface area contributed by atoms with Crippen LogP contribution in [0, 0.1) is 6.92 Å². The zero-order valence-corrected chi connectivity index (χ0v) is 8.65. The van der Waals surface area contributed by atoms with Crippen molar-refractivity contribution < 1.29 is 9.59 Å². The number of hydrogen-bond acceptors (Lipinski definition) is 3. The van der Waals surface area contributed by atoms with Gasteiger partial charge in [0.15, 0.2) is 11.5 Å². The summed E-state index contributed by atoms with van der Waals surface area (Å²) >= 11 is 0. The Morgan fingerprint density at radius 1 is 1.50 bits per heavy atom. The molecule has 74 valence electrons. The molecule has 2 amide bonds. The third-order valence-electron chi connectivity index (χ3n) is 1.97. The van der Waals surface area contributed by atoms with Crippen molar-refractivity contribution in [3.05, 3.63) is 11.5 Å². The number of imidazole rings is 1. The Bertz CT molecular complexity index is 426. The van der Waals surface area contributed by atoms with E-state index in [2.05, 4.69) is 25.0 Å². The Labute approximate surface area is 82.3 Å². The second kappa shape index (κ2) is 3.06. The molecule has 2 heterocycles. The first-order chi connectivity index (χ1) is 6.59. The van der Waals surface area contributed by atoms with Crippen LogP contribution in [0.1, 0.15) is 16.3 Å². The molecule has 0 aliphatic carbocycles. The van der Waals surface area contributed by atoms with Gasteiger partial charge in [-0.3, -0.25) is 9.59 Å². The molecule has 1 aromatic rings.